The molecule has 0 saturated heterocycles. The van der Waals surface area contributed by atoms with E-state index in [1.807, 2.05) is 79.7 Å². The standard InChI is InChI=1S/C32H30N2O6/c1-21-15-30(40-20-32(36)37)29(38-2)18-26(21)27-17-24(16-22-9-4-3-5-10-22)34(33-27)31(35)19-39-28-14-8-12-23-11-6-7-13-25(23)28/h3-15,18,24H,16-17,19-20H2,1-2H3,(H,36,37). The summed E-state index contributed by atoms with van der Waals surface area (Å²) in [6.45, 7) is 1.26. The summed E-state index contributed by atoms with van der Waals surface area (Å²) in [7, 11) is 1.50. The highest BCUT2D eigenvalue weighted by Gasteiger charge is 2.33. The van der Waals surface area contributed by atoms with Gasteiger partial charge in [-0.2, -0.15) is 5.10 Å². The first-order chi connectivity index (χ1) is 19.4. The van der Waals surface area contributed by atoms with Crippen molar-refractivity contribution in [3.8, 4) is 17.2 Å². The normalized spacial score (nSPS) is 14.6. The third-order valence-electron chi connectivity index (χ3n) is 6.85. The molecule has 8 nitrogen and oxygen atoms in total. The van der Waals surface area contributed by atoms with Crippen LogP contribution in [0.2, 0.25) is 0 Å². The fourth-order valence-corrected chi connectivity index (χ4v) is 4.94. The molecule has 40 heavy (non-hydrogen) atoms. The minimum absolute atomic E-state index is 0.152. The minimum Gasteiger partial charge on any atom is -0.493 e. The highest BCUT2D eigenvalue weighted by Crippen LogP contribution is 2.34. The first kappa shape index (κ1) is 26.7. The molecule has 0 fully saturated rings. The number of ether oxygens (including phenoxy) is 3. The molecular formula is C32H30N2O6. The number of fused-ring (bicyclic) bond motifs is 1. The number of benzene rings is 4. The molecule has 5 rings (SSSR count). The van der Waals surface area contributed by atoms with E-state index in [9.17, 15) is 9.59 Å². The monoisotopic (exact) mass is 538 g/mol. The predicted octanol–water partition coefficient (Wildman–Crippen LogP) is 5.25. The van der Waals surface area contributed by atoms with Crippen LogP contribution in [0.1, 0.15) is 23.1 Å². The summed E-state index contributed by atoms with van der Waals surface area (Å²) in [4.78, 5) is 24.5. The maximum Gasteiger partial charge on any atom is 0.341 e. The van der Waals surface area contributed by atoms with Crippen LogP contribution < -0.4 is 14.2 Å². The quantitative estimate of drug-likeness (QED) is 0.296. The van der Waals surface area contributed by atoms with Crippen LogP contribution in [0.3, 0.4) is 0 Å². The number of carboxylic acids is 1. The fraction of sp³-hybridized carbons (Fsp3) is 0.219. The van der Waals surface area contributed by atoms with Crippen molar-refractivity contribution >= 4 is 28.4 Å². The Balaban J connectivity index is 1.42. The Hall–Kier alpha value is -4.85. The molecule has 0 spiro atoms. The highest BCUT2D eigenvalue weighted by molar-refractivity contribution is 6.04. The number of carboxylic acid groups (broad SMARTS) is 1. The average molecular weight is 539 g/mol. The van der Waals surface area contributed by atoms with Gasteiger partial charge in [-0.3, -0.25) is 4.79 Å². The molecular weight excluding hydrogens is 508 g/mol. The topological polar surface area (TPSA) is 97.7 Å². The zero-order valence-corrected chi connectivity index (χ0v) is 22.4. The molecule has 1 heterocycles. The van der Waals surface area contributed by atoms with Gasteiger partial charge in [-0.1, -0.05) is 66.7 Å². The summed E-state index contributed by atoms with van der Waals surface area (Å²) in [6, 6.07) is 27.0. The first-order valence-corrected chi connectivity index (χ1v) is 13.0. The van der Waals surface area contributed by atoms with Crippen molar-refractivity contribution < 1.29 is 28.9 Å². The van der Waals surface area contributed by atoms with Crippen molar-refractivity contribution in [2.75, 3.05) is 20.3 Å². The SMILES string of the molecule is COc1cc(C2=NN(C(=O)COc3cccc4ccccc34)C(Cc3ccccc3)C2)c(C)cc1OCC(=O)O. The van der Waals surface area contributed by atoms with Gasteiger partial charge in [0, 0.05) is 17.4 Å². The van der Waals surface area contributed by atoms with Gasteiger partial charge in [-0.25, -0.2) is 9.80 Å². The largest absolute Gasteiger partial charge is 0.493 e. The zero-order valence-electron chi connectivity index (χ0n) is 22.4. The number of carbonyl (C=O) groups excluding carboxylic acids is 1. The van der Waals surface area contributed by atoms with Gasteiger partial charge < -0.3 is 19.3 Å². The Labute approximate surface area is 232 Å². The Morgan fingerprint density at radius 1 is 0.900 bits per heavy atom. The van der Waals surface area contributed by atoms with E-state index in [-0.39, 0.29) is 18.6 Å². The number of aryl methyl sites for hydroxylation is 1. The smallest absolute Gasteiger partial charge is 0.341 e. The molecule has 1 atom stereocenters. The van der Waals surface area contributed by atoms with E-state index in [4.69, 9.17) is 24.4 Å². The number of aliphatic carboxylic acids is 1. The molecule has 8 heteroatoms. The maximum atomic E-state index is 13.5. The van der Waals surface area contributed by atoms with Gasteiger partial charge in [-0.15, -0.1) is 0 Å². The predicted molar refractivity (Wildman–Crippen MR) is 152 cm³/mol. The number of methoxy groups -OCH3 is 1. The number of hydrogen-bond donors (Lipinski definition) is 1. The molecule has 4 aromatic carbocycles. The van der Waals surface area contributed by atoms with Gasteiger partial charge in [-0.05, 0) is 48.1 Å². The molecule has 1 amide bonds. The maximum absolute atomic E-state index is 13.5. The fourth-order valence-electron chi connectivity index (χ4n) is 4.94. The lowest BCUT2D eigenvalue weighted by atomic mass is 9.96. The molecule has 0 bridgehead atoms. The van der Waals surface area contributed by atoms with Crippen LogP contribution in [0, 0.1) is 6.92 Å². The summed E-state index contributed by atoms with van der Waals surface area (Å²) in [5.74, 6) is 0.0599. The summed E-state index contributed by atoms with van der Waals surface area (Å²) < 4.78 is 16.9. The van der Waals surface area contributed by atoms with E-state index in [0.29, 0.717) is 30.1 Å². The van der Waals surface area contributed by atoms with Crippen LogP contribution in [0.4, 0.5) is 0 Å². The van der Waals surface area contributed by atoms with E-state index in [0.717, 1.165) is 33.2 Å². The molecule has 0 aromatic heterocycles. The highest BCUT2D eigenvalue weighted by atomic mass is 16.5. The van der Waals surface area contributed by atoms with E-state index < -0.39 is 12.6 Å². The number of rotatable bonds is 10. The van der Waals surface area contributed by atoms with Crippen LogP contribution in [0.5, 0.6) is 17.2 Å². The second kappa shape index (κ2) is 11.9. The number of nitrogens with zero attached hydrogens (tertiary/aromatic N) is 2. The lowest BCUT2D eigenvalue weighted by Crippen LogP contribution is -2.37. The molecule has 0 radical (unpaired) electrons. The molecule has 204 valence electrons. The van der Waals surface area contributed by atoms with Crippen LogP contribution >= 0.6 is 0 Å². The number of hydrazone groups is 1. The van der Waals surface area contributed by atoms with Crippen molar-refractivity contribution in [3.05, 3.63) is 102 Å². The number of carbonyl (C=O) groups is 2. The van der Waals surface area contributed by atoms with Crippen LogP contribution in [0.15, 0.2) is 90.0 Å². The first-order valence-electron chi connectivity index (χ1n) is 13.0. The van der Waals surface area contributed by atoms with Gasteiger partial charge in [0.2, 0.25) is 0 Å². The Bertz CT molecular complexity index is 1560. The Morgan fingerprint density at radius 3 is 2.40 bits per heavy atom. The summed E-state index contributed by atoms with van der Waals surface area (Å²) >= 11 is 0. The molecule has 1 aliphatic rings. The van der Waals surface area contributed by atoms with Crippen molar-refractivity contribution in [2.45, 2.75) is 25.8 Å². The van der Waals surface area contributed by atoms with Gasteiger partial charge in [0.15, 0.2) is 24.7 Å². The average Bonchev–Trinajstić information content (AvgIpc) is 3.38. The van der Waals surface area contributed by atoms with Crippen molar-refractivity contribution in [1.29, 1.82) is 0 Å². The second-order valence-corrected chi connectivity index (χ2v) is 9.60. The molecule has 1 aliphatic heterocycles. The Kier molecular flexibility index (Phi) is 7.96. The van der Waals surface area contributed by atoms with Crippen LogP contribution in [-0.2, 0) is 16.0 Å². The minimum atomic E-state index is -1.08. The lowest BCUT2D eigenvalue weighted by molar-refractivity contribution is -0.139. The van der Waals surface area contributed by atoms with Crippen LogP contribution in [-0.4, -0.2) is 54.1 Å². The number of amides is 1. The Morgan fingerprint density at radius 2 is 1.62 bits per heavy atom. The van der Waals surface area contributed by atoms with E-state index in [2.05, 4.69) is 0 Å². The summed E-state index contributed by atoms with van der Waals surface area (Å²) in [5, 5.41) is 17.3. The molecule has 1 N–H and O–H groups in total. The van der Waals surface area contributed by atoms with Gasteiger partial charge in [0.05, 0.1) is 18.9 Å². The lowest BCUT2D eigenvalue weighted by Gasteiger charge is -2.22. The van der Waals surface area contributed by atoms with Crippen molar-refractivity contribution in [1.82, 2.24) is 5.01 Å². The molecule has 0 saturated carbocycles. The molecule has 0 aliphatic carbocycles. The summed E-state index contributed by atoms with van der Waals surface area (Å²) in [5.41, 5.74) is 3.48. The van der Waals surface area contributed by atoms with Crippen molar-refractivity contribution in [3.63, 3.8) is 0 Å². The molecule has 1 unspecified atom stereocenters. The van der Waals surface area contributed by atoms with E-state index in [1.165, 1.54) is 12.1 Å². The summed E-state index contributed by atoms with van der Waals surface area (Å²) in [6.07, 6.45) is 1.16. The third-order valence-corrected chi connectivity index (χ3v) is 6.85. The van der Waals surface area contributed by atoms with Crippen molar-refractivity contribution in [2.24, 2.45) is 5.10 Å². The van der Waals surface area contributed by atoms with E-state index >= 15 is 0 Å². The third kappa shape index (κ3) is 5.91. The van der Waals surface area contributed by atoms with Gasteiger partial charge >= 0.3 is 5.97 Å². The van der Waals surface area contributed by atoms with Gasteiger partial charge in [0.25, 0.3) is 5.91 Å². The second-order valence-electron chi connectivity index (χ2n) is 9.60. The number of hydrogen-bond acceptors (Lipinski definition) is 6. The molecule has 4 aromatic rings. The zero-order chi connectivity index (χ0) is 28.1. The van der Waals surface area contributed by atoms with Gasteiger partial charge in [0.1, 0.15) is 5.75 Å². The van der Waals surface area contributed by atoms with E-state index in [1.54, 1.807) is 12.1 Å². The van der Waals surface area contributed by atoms with Crippen LogP contribution in [0.25, 0.3) is 10.8 Å².